The lowest BCUT2D eigenvalue weighted by molar-refractivity contribution is 0.459. The Morgan fingerprint density at radius 3 is 2.30 bits per heavy atom. The third-order valence-electron chi connectivity index (χ3n) is 4.65. The fourth-order valence-electron chi connectivity index (χ4n) is 2.97. The number of allylic oxidation sites excluding steroid dienone is 6. The Bertz CT molecular complexity index is 922. The molecule has 2 aromatic rings. The highest BCUT2D eigenvalue weighted by atomic mass is 16.4. The van der Waals surface area contributed by atoms with Gasteiger partial charge in [-0.3, -0.25) is 0 Å². The standard InChI is InChI=1S/C24H30O3/c1-17(2)9-7-10-18(3)11-8-12-19(4)15-16-21-23(25)20-13-5-6-14-22(20)27-24(21)26/h5-6,9,11,13-15,25H,7-8,10,12,16H2,1-4H3/b18-11-,19-15+. The summed E-state index contributed by atoms with van der Waals surface area (Å²) in [4.78, 5) is 12.1. The summed E-state index contributed by atoms with van der Waals surface area (Å²) < 4.78 is 5.31. The SMILES string of the molecule is CC(C)=CCC/C(C)=C\CC/C(C)=C/Cc1c(O)c2ccccc2oc1=O. The van der Waals surface area contributed by atoms with Crippen molar-refractivity contribution in [3.63, 3.8) is 0 Å². The van der Waals surface area contributed by atoms with Crippen LogP contribution in [0, 0.1) is 0 Å². The molecule has 1 aromatic carbocycles. The van der Waals surface area contributed by atoms with Crippen molar-refractivity contribution >= 4 is 11.0 Å². The molecule has 0 aliphatic carbocycles. The van der Waals surface area contributed by atoms with E-state index >= 15 is 0 Å². The number of hydrogen-bond donors (Lipinski definition) is 1. The van der Waals surface area contributed by atoms with Gasteiger partial charge in [-0.15, -0.1) is 0 Å². The van der Waals surface area contributed by atoms with E-state index in [1.165, 1.54) is 16.7 Å². The molecule has 1 heterocycles. The molecule has 0 fully saturated rings. The van der Waals surface area contributed by atoms with Crippen molar-refractivity contribution in [2.24, 2.45) is 0 Å². The van der Waals surface area contributed by atoms with Crippen LogP contribution in [0.1, 0.15) is 58.9 Å². The van der Waals surface area contributed by atoms with Crippen molar-refractivity contribution in [2.75, 3.05) is 0 Å². The largest absolute Gasteiger partial charge is 0.507 e. The molecule has 0 atom stereocenters. The predicted molar refractivity (Wildman–Crippen MR) is 113 cm³/mol. The summed E-state index contributed by atoms with van der Waals surface area (Å²) in [6, 6.07) is 7.05. The van der Waals surface area contributed by atoms with Gasteiger partial charge in [-0.2, -0.15) is 0 Å². The number of para-hydroxylation sites is 1. The number of rotatable bonds is 8. The topological polar surface area (TPSA) is 50.4 Å². The first-order chi connectivity index (χ1) is 12.9. The summed E-state index contributed by atoms with van der Waals surface area (Å²) in [5.41, 5.74) is 4.25. The van der Waals surface area contributed by atoms with E-state index in [0.717, 1.165) is 25.7 Å². The van der Waals surface area contributed by atoms with Crippen molar-refractivity contribution in [3.05, 3.63) is 75.2 Å². The van der Waals surface area contributed by atoms with Gasteiger partial charge in [0.1, 0.15) is 11.3 Å². The summed E-state index contributed by atoms with van der Waals surface area (Å²) in [6.45, 7) is 8.49. The van der Waals surface area contributed by atoms with E-state index in [2.05, 4.69) is 39.8 Å². The van der Waals surface area contributed by atoms with Crippen molar-refractivity contribution in [3.8, 4) is 5.75 Å². The predicted octanol–water partition coefficient (Wildman–Crippen LogP) is 6.46. The van der Waals surface area contributed by atoms with E-state index in [-0.39, 0.29) is 5.75 Å². The van der Waals surface area contributed by atoms with Crippen LogP contribution < -0.4 is 5.63 Å². The minimum Gasteiger partial charge on any atom is -0.507 e. The summed E-state index contributed by atoms with van der Waals surface area (Å²) >= 11 is 0. The Morgan fingerprint density at radius 2 is 1.59 bits per heavy atom. The number of aromatic hydroxyl groups is 1. The lowest BCUT2D eigenvalue weighted by atomic mass is 10.0. The minimum atomic E-state index is -0.467. The molecule has 0 radical (unpaired) electrons. The van der Waals surface area contributed by atoms with Gasteiger partial charge in [0.05, 0.1) is 10.9 Å². The van der Waals surface area contributed by atoms with Crippen LogP contribution in [-0.2, 0) is 6.42 Å². The molecule has 3 heteroatoms. The molecule has 1 N–H and O–H groups in total. The highest BCUT2D eigenvalue weighted by Crippen LogP contribution is 2.26. The van der Waals surface area contributed by atoms with Gasteiger partial charge in [0, 0.05) is 6.42 Å². The quantitative estimate of drug-likeness (QED) is 0.431. The van der Waals surface area contributed by atoms with Crippen molar-refractivity contribution in [1.29, 1.82) is 0 Å². The molecule has 0 aliphatic heterocycles. The highest BCUT2D eigenvalue weighted by Gasteiger charge is 2.12. The van der Waals surface area contributed by atoms with Crippen molar-refractivity contribution < 1.29 is 9.52 Å². The fraction of sp³-hybridized carbons (Fsp3) is 0.375. The normalized spacial score (nSPS) is 12.4. The zero-order valence-corrected chi connectivity index (χ0v) is 16.8. The maximum Gasteiger partial charge on any atom is 0.343 e. The van der Waals surface area contributed by atoms with Gasteiger partial charge in [-0.05, 0) is 65.5 Å². The summed E-state index contributed by atoms with van der Waals surface area (Å²) in [7, 11) is 0. The average Bonchev–Trinajstić information content (AvgIpc) is 2.61. The van der Waals surface area contributed by atoms with E-state index in [1.807, 2.05) is 12.1 Å². The van der Waals surface area contributed by atoms with E-state index in [4.69, 9.17) is 4.42 Å². The summed E-state index contributed by atoms with van der Waals surface area (Å²) in [6.07, 6.45) is 11.1. The third-order valence-corrected chi connectivity index (χ3v) is 4.65. The second-order valence-electron chi connectivity index (χ2n) is 7.38. The molecule has 1 aromatic heterocycles. The van der Waals surface area contributed by atoms with E-state index in [9.17, 15) is 9.90 Å². The van der Waals surface area contributed by atoms with Crippen molar-refractivity contribution in [1.82, 2.24) is 0 Å². The average molecular weight is 367 g/mol. The molecular formula is C24H30O3. The molecule has 0 saturated heterocycles. The van der Waals surface area contributed by atoms with E-state index in [1.54, 1.807) is 18.2 Å². The van der Waals surface area contributed by atoms with Crippen LogP contribution in [0.2, 0.25) is 0 Å². The molecule has 144 valence electrons. The van der Waals surface area contributed by atoms with Crippen LogP contribution in [0.3, 0.4) is 0 Å². The number of hydrogen-bond acceptors (Lipinski definition) is 3. The fourth-order valence-corrected chi connectivity index (χ4v) is 2.97. The summed E-state index contributed by atoms with van der Waals surface area (Å²) in [5, 5.41) is 11.0. The number of benzene rings is 1. The maximum atomic E-state index is 12.1. The molecule has 0 spiro atoms. The van der Waals surface area contributed by atoms with Gasteiger partial charge in [0.2, 0.25) is 0 Å². The van der Waals surface area contributed by atoms with Gasteiger partial charge < -0.3 is 9.52 Å². The molecule has 2 rings (SSSR count). The van der Waals surface area contributed by atoms with Crippen LogP contribution in [0.15, 0.2) is 68.4 Å². The van der Waals surface area contributed by atoms with Crippen LogP contribution in [0.5, 0.6) is 5.75 Å². The lowest BCUT2D eigenvalue weighted by Crippen LogP contribution is -2.07. The summed E-state index contributed by atoms with van der Waals surface area (Å²) in [5.74, 6) is 0.0286. The second-order valence-corrected chi connectivity index (χ2v) is 7.38. The highest BCUT2D eigenvalue weighted by molar-refractivity contribution is 5.83. The Kier molecular flexibility index (Phi) is 7.66. The molecule has 0 unspecified atom stereocenters. The Labute approximate surface area is 161 Å². The first kappa shape index (κ1) is 20.8. The number of fused-ring (bicyclic) bond motifs is 1. The maximum absolute atomic E-state index is 12.1. The molecule has 0 bridgehead atoms. The monoisotopic (exact) mass is 366 g/mol. The zero-order chi connectivity index (χ0) is 19.8. The van der Waals surface area contributed by atoms with Crippen LogP contribution in [0.25, 0.3) is 11.0 Å². The van der Waals surface area contributed by atoms with Crippen molar-refractivity contribution in [2.45, 2.75) is 59.8 Å². The Balaban J connectivity index is 1.97. The molecule has 3 nitrogen and oxygen atoms in total. The van der Waals surface area contributed by atoms with Crippen LogP contribution in [-0.4, -0.2) is 5.11 Å². The first-order valence-corrected chi connectivity index (χ1v) is 9.56. The Hall–Kier alpha value is -2.55. The molecular weight excluding hydrogens is 336 g/mol. The molecule has 0 saturated carbocycles. The van der Waals surface area contributed by atoms with Gasteiger partial charge in [-0.1, -0.05) is 47.1 Å². The van der Waals surface area contributed by atoms with Crippen LogP contribution in [0.4, 0.5) is 0 Å². The van der Waals surface area contributed by atoms with Gasteiger partial charge in [-0.25, -0.2) is 4.79 Å². The van der Waals surface area contributed by atoms with Gasteiger partial charge in [0.15, 0.2) is 0 Å². The van der Waals surface area contributed by atoms with Gasteiger partial charge in [0.25, 0.3) is 0 Å². The van der Waals surface area contributed by atoms with E-state index < -0.39 is 5.63 Å². The van der Waals surface area contributed by atoms with Crippen LogP contribution >= 0.6 is 0 Å². The molecule has 27 heavy (non-hydrogen) atoms. The molecule has 0 amide bonds. The van der Waals surface area contributed by atoms with Gasteiger partial charge >= 0.3 is 5.63 Å². The smallest absolute Gasteiger partial charge is 0.343 e. The first-order valence-electron chi connectivity index (χ1n) is 9.56. The lowest BCUT2D eigenvalue weighted by Gasteiger charge is -2.05. The Morgan fingerprint density at radius 1 is 0.963 bits per heavy atom. The minimum absolute atomic E-state index is 0.0286. The third kappa shape index (κ3) is 6.28. The van der Waals surface area contributed by atoms with E-state index in [0.29, 0.717) is 23.0 Å². The zero-order valence-electron chi connectivity index (χ0n) is 16.8. The second kappa shape index (κ2) is 9.96. The molecule has 0 aliphatic rings.